The normalized spacial score (nSPS) is 10.5. The van der Waals surface area contributed by atoms with E-state index in [-0.39, 0.29) is 5.91 Å². The molecule has 2 aromatic carbocycles. The third kappa shape index (κ3) is 3.71. The molecule has 1 aromatic heterocycles. The number of hydrogen-bond donors (Lipinski definition) is 1. The van der Waals surface area contributed by atoms with Crippen LogP contribution in [-0.2, 0) is 6.54 Å². The van der Waals surface area contributed by atoms with Gasteiger partial charge in [0.05, 0.1) is 23.5 Å². The molecular formula is C20H22N4O. The number of nitrogens with one attached hydrogen (secondary N) is 1. The summed E-state index contributed by atoms with van der Waals surface area (Å²) < 4.78 is 1.88. The number of hydrazine groups is 1. The van der Waals surface area contributed by atoms with Crippen molar-refractivity contribution < 1.29 is 4.79 Å². The van der Waals surface area contributed by atoms with E-state index in [0.29, 0.717) is 12.1 Å². The van der Waals surface area contributed by atoms with Crippen molar-refractivity contribution >= 4 is 11.6 Å². The number of hydrogen-bond acceptors (Lipinski definition) is 3. The SMILES string of the molecule is Cc1nn(Cc2ccccc2)c(C)c1C(=O)NN(C)c1ccccc1. The Balaban J connectivity index is 1.79. The maximum absolute atomic E-state index is 12.7. The summed E-state index contributed by atoms with van der Waals surface area (Å²) >= 11 is 0. The zero-order valence-electron chi connectivity index (χ0n) is 14.7. The van der Waals surface area contributed by atoms with Crippen molar-refractivity contribution in [2.24, 2.45) is 0 Å². The predicted octanol–water partition coefficient (Wildman–Crippen LogP) is 3.33. The lowest BCUT2D eigenvalue weighted by molar-refractivity contribution is 0.0950. The average molecular weight is 334 g/mol. The van der Waals surface area contributed by atoms with Crippen LogP contribution in [0.4, 0.5) is 5.69 Å². The molecule has 0 saturated carbocycles. The Labute approximate surface area is 147 Å². The number of carbonyl (C=O) groups excluding carboxylic acids is 1. The maximum atomic E-state index is 12.7. The zero-order valence-corrected chi connectivity index (χ0v) is 14.7. The van der Waals surface area contributed by atoms with Crippen LogP contribution in [-0.4, -0.2) is 22.7 Å². The summed E-state index contributed by atoms with van der Waals surface area (Å²) in [6.45, 7) is 4.45. The van der Waals surface area contributed by atoms with Gasteiger partial charge in [-0.25, -0.2) is 0 Å². The molecule has 5 heteroatoms. The van der Waals surface area contributed by atoms with Gasteiger partial charge in [0.25, 0.3) is 5.91 Å². The van der Waals surface area contributed by atoms with Crippen molar-refractivity contribution in [3.8, 4) is 0 Å². The highest BCUT2D eigenvalue weighted by atomic mass is 16.2. The minimum Gasteiger partial charge on any atom is -0.288 e. The van der Waals surface area contributed by atoms with Crippen LogP contribution >= 0.6 is 0 Å². The summed E-state index contributed by atoms with van der Waals surface area (Å²) in [6.07, 6.45) is 0. The Bertz CT molecular complexity index is 856. The number of para-hydroxylation sites is 1. The Morgan fingerprint density at radius 1 is 1.04 bits per heavy atom. The average Bonchev–Trinajstić information content (AvgIpc) is 2.90. The number of aromatic nitrogens is 2. The molecule has 1 N–H and O–H groups in total. The number of nitrogens with zero attached hydrogens (tertiary/aromatic N) is 3. The molecule has 0 radical (unpaired) electrons. The molecule has 25 heavy (non-hydrogen) atoms. The largest absolute Gasteiger partial charge is 0.288 e. The van der Waals surface area contributed by atoms with Crippen LogP contribution in [0.2, 0.25) is 0 Å². The number of rotatable bonds is 5. The van der Waals surface area contributed by atoms with Crippen LogP contribution in [0.15, 0.2) is 60.7 Å². The van der Waals surface area contributed by atoms with Crippen LogP contribution in [0.3, 0.4) is 0 Å². The number of amides is 1. The fraction of sp³-hybridized carbons (Fsp3) is 0.200. The standard InChI is InChI=1S/C20H22N4O/c1-15-19(20(25)22-23(3)18-12-8-5-9-13-18)16(2)24(21-15)14-17-10-6-4-7-11-17/h4-13H,14H2,1-3H3,(H,22,25). The second-order valence-corrected chi connectivity index (χ2v) is 6.02. The van der Waals surface area contributed by atoms with Crippen molar-refractivity contribution in [3.05, 3.63) is 83.2 Å². The number of carbonyl (C=O) groups is 1. The lowest BCUT2D eigenvalue weighted by Crippen LogP contribution is -2.39. The van der Waals surface area contributed by atoms with Gasteiger partial charge in [-0.2, -0.15) is 5.10 Å². The molecule has 0 aliphatic rings. The molecule has 3 aromatic rings. The molecule has 0 fully saturated rings. The first-order chi connectivity index (χ1) is 12.1. The van der Waals surface area contributed by atoms with E-state index in [1.165, 1.54) is 0 Å². The van der Waals surface area contributed by atoms with E-state index >= 15 is 0 Å². The minimum atomic E-state index is -0.152. The Morgan fingerprint density at radius 2 is 1.64 bits per heavy atom. The van der Waals surface area contributed by atoms with E-state index in [2.05, 4.69) is 22.7 Å². The van der Waals surface area contributed by atoms with Gasteiger partial charge < -0.3 is 0 Å². The summed E-state index contributed by atoms with van der Waals surface area (Å²) in [5, 5.41) is 6.26. The Kier molecular flexibility index (Phi) is 4.84. The molecule has 0 atom stereocenters. The van der Waals surface area contributed by atoms with Crippen molar-refractivity contribution in [3.63, 3.8) is 0 Å². The molecule has 128 valence electrons. The number of benzene rings is 2. The first-order valence-corrected chi connectivity index (χ1v) is 8.24. The second-order valence-electron chi connectivity index (χ2n) is 6.02. The molecule has 0 spiro atoms. The molecule has 0 saturated heterocycles. The summed E-state index contributed by atoms with van der Waals surface area (Å²) in [5.74, 6) is -0.152. The van der Waals surface area contributed by atoms with E-state index in [1.807, 2.05) is 74.1 Å². The van der Waals surface area contributed by atoms with Gasteiger partial charge in [0, 0.05) is 12.7 Å². The molecule has 1 heterocycles. The van der Waals surface area contributed by atoms with Gasteiger partial charge in [0.15, 0.2) is 0 Å². The van der Waals surface area contributed by atoms with Gasteiger partial charge in [-0.3, -0.25) is 19.9 Å². The molecule has 0 aliphatic carbocycles. The van der Waals surface area contributed by atoms with E-state index in [9.17, 15) is 4.79 Å². The zero-order chi connectivity index (χ0) is 17.8. The van der Waals surface area contributed by atoms with Crippen molar-refractivity contribution in [2.75, 3.05) is 12.1 Å². The van der Waals surface area contributed by atoms with Gasteiger partial charge in [0.1, 0.15) is 0 Å². The summed E-state index contributed by atoms with van der Waals surface area (Å²) in [6, 6.07) is 19.8. The minimum absolute atomic E-state index is 0.152. The fourth-order valence-electron chi connectivity index (χ4n) is 2.86. The van der Waals surface area contributed by atoms with E-state index in [0.717, 1.165) is 22.6 Å². The molecule has 0 bridgehead atoms. The lowest BCUT2D eigenvalue weighted by atomic mass is 10.2. The summed E-state index contributed by atoms with van der Waals surface area (Å²) in [5.41, 5.74) is 7.20. The van der Waals surface area contributed by atoms with Gasteiger partial charge in [-0.15, -0.1) is 0 Å². The third-order valence-electron chi connectivity index (χ3n) is 4.20. The van der Waals surface area contributed by atoms with Crippen LogP contribution in [0.25, 0.3) is 0 Å². The number of aryl methyl sites for hydroxylation is 1. The van der Waals surface area contributed by atoms with Crippen LogP contribution in [0, 0.1) is 13.8 Å². The molecule has 3 rings (SSSR count). The second kappa shape index (κ2) is 7.21. The van der Waals surface area contributed by atoms with Crippen molar-refractivity contribution in [1.82, 2.24) is 15.2 Å². The van der Waals surface area contributed by atoms with Crippen LogP contribution < -0.4 is 10.4 Å². The van der Waals surface area contributed by atoms with E-state index in [4.69, 9.17) is 0 Å². The number of anilines is 1. The smallest absolute Gasteiger partial charge is 0.273 e. The van der Waals surface area contributed by atoms with Crippen LogP contribution in [0.1, 0.15) is 27.3 Å². The van der Waals surface area contributed by atoms with E-state index < -0.39 is 0 Å². The first kappa shape index (κ1) is 16.8. The Morgan fingerprint density at radius 3 is 2.28 bits per heavy atom. The third-order valence-corrected chi connectivity index (χ3v) is 4.20. The first-order valence-electron chi connectivity index (χ1n) is 8.24. The fourth-order valence-corrected chi connectivity index (χ4v) is 2.86. The van der Waals surface area contributed by atoms with Gasteiger partial charge in [-0.05, 0) is 31.5 Å². The molecule has 1 amide bonds. The van der Waals surface area contributed by atoms with Gasteiger partial charge >= 0.3 is 0 Å². The summed E-state index contributed by atoms with van der Waals surface area (Å²) in [7, 11) is 1.83. The highest BCUT2D eigenvalue weighted by Crippen LogP contribution is 2.16. The lowest BCUT2D eigenvalue weighted by Gasteiger charge is -2.20. The van der Waals surface area contributed by atoms with Gasteiger partial charge in [-0.1, -0.05) is 48.5 Å². The molecule has 0 aliphatic heterocycles. The monoisotopic (exact) mass is 334 g/mol. The highest BCUT2D eigenvalue weighted by Gasteiger charge is 2.19. The molecular weight excluding hydrogens is 312 g/mol. The van der Waals surface area contributed by atoms with Crippen molar-refractivity contribution in [1.29, 1.82) is 0 Å². The topological polar surface area (TPSA) is 50.2 Å². The molecule has 0 unspecified atom stereocenters. The van der Waals surface area contributed by atoms with Crippen LogP contribution in [0.5, 0.6) is 0 Å². The Hall–Kier alpha value is -3.08. The molecule has 5 nitrogen and oxygen atoms in total. The van der Waals surface area contributed by atoms with E-state index in [1.54, 1.807) is 5.01 Å². The predicted molar refractivity (Wildman–Crippen MR) is 99.6 cm³/mol. The maximum Gasteiger partial charge on any atom is 0.273 e. The van der Waals surface area contributed by atoms with Gasteiger partial charge in [0.2, 0.25) is 0 Å². The quantitative estimate of drug-likeness (QED) is 0.728. The highest BCUT2D eigenvalue weighted by molar-refractivity contribution is 5.97. The summed E-state index contributed by atoms with van der Waals surface area (Å²) in [4.78, 5) is 12.7. The van der Waals surface area contributed by atoms with Crippen molar-refractivity contribution in [2.45, 2.75) is 20.4 Å².